The van der Waals surface area contributed by atoms with Crippen molar-refractivity contribution in [1.29, 1.82) is 0 Å². The van der Waals surface area contributed by atoms with E-state index in [9.17, 15) is 13.6 Å². The van der Waals surface area contributed by atoms with Gasteiger partial charge in [0, 0.05) is 17.8 Å². The minimum Gasteiger partial charge on any atom is -0.324 e. The Labute approximate surface area is 131 Å². The maximum absolute atomic E-state index is 13.4. The van der Waals surface area contributed by atoms with E-state index in [2.05, 4.69) is 10.3 Å². The van der Waals surface area contributed by atoms with Crippen LogP contribution in [0.2, 0.25) is 0 Å². The van der Waals surface area contributed by atoms with Crippen LogP contribution < -0.4 is 5.32 Å². The van der Waals surface area contributed by atoms with E-state index in [1.165, 1.54) is 10.9 Å². The molecule has 2 aromatic carbocycles. The molecule has 0 unspecified atom stereocenters. The van der Waals surface area contributed by atoms with Gasteiger partial charge in [-0.2, -0.15) is 0 Å². The molecule has 4 nitrogen and oxygen atoms in total. The average Bonchev–Trinajstić information content (AvgIpc) is 2.86. The summed E-state index contributed by atoms with van der Waals surface area (Å²) in [6.45, 7) is 3.86. The molecule has 1 N–H and O–H groups in total. The van der Waals surface area contributed by atoms with Crippen LogP contribution in [0.5, 0.6) is 0 Å². The highest BCUT2D eigenvalue weighted by Crippen LogP contribution is 2.19. The Hall–Kier alpha value is -2.76. The number of anilines is 1. The van der Waals surface area contributed by atoms with E-state index in [0.29, 0.717) is 11.0 Å². The van der Waals surface area contributed by atoms with Crippen molar-refractivity contribution in [2.45, 2.75) is 20.4 Å². The second kappa shape index (κ2) is 5.79. The predicted octanol–water partition coefficient (Wildman–Crippen LogP) is 3.57. The first-order valence-electron chi connectivity index (χ1n) is 7.11. The van der Waals surface area contributed by atoms with Gasteiger partial charge in [-0.15, -0.1) is 0 Å². The van der Waals surface area contributed by atoms with Crippen LogP contribution in [0.4, 0.5) is 14.5 Å². The van der Waals surface area contributed by atoms with Crippen molar-refractivity contribution >= 4 is 22.6 Å². The molecule has 3 rings (SSSR count). The van der Waals surface area contributed by atoms with E-state index >= 15 is 0 Å². The summed E-state index contributed by atoms with van der Waals surface area (Å²) >= 11 is 0. The van der Waals surface area contributed by atoms with Crippen molar-refractivity contribution in [2.24, 2.45) is 0 Å². The fourth-order valence-corrected chi connectivity index (χ4v) is 2.41. The highest BCUT2D eigenvalue weighted by atomic mass is 19.2. The lowest BCUT2D eigenvalue weighted by atomic mass is 10.1. The molecular weight excluding hydrogens is 300 g/mol. The summed E-state index contributed by atoms with van der Waals surface area (Å²) in [5.74, 6) is -2.18. The highest BCUT2D eigenvalue weighted by Gasteiger charge is 2.12. The third-order valence-corrected chi connectivity index (χ3v) is 3.86. The minimum absolute atomic E-state index is 0.0328. The van der Waals surface area contributed by atoms with Crippen molar-refractivity contribution in [3.05, 3.63) is 59.4 Å². The normalized spacial score (nSPS) is 11.0. The van der Waals surface area contributed by atoms with Gasteiger partial charge in [-0.05, 0) is 31.0 Å². The van der Waals surface area contributed by atoms with Crippen molar-refractivity contribution < 1.29 is 13.6 Å². The number of nitrogens with zero attached hydrogens (tertiary/aromatic N) is 2. The van der Waals surface area contributed by atoms with Gasteiger partial charge in [0.05, 0.1) is 17.4 Å². The Kier molecular flexibility index (Phi) is 3.82. The number of hydrogen-bond acceptors (Lipinski definition) is 2. The first kappa shape index (κ1) is 15.1. The zero-order chi connectivity index (χ0) is 16.6. The van der Waals surface area contributed by atoms with Gasteiger partial charge in [-0.1, -0.05) is 12.1 Å². The number of carbonyl (C=O) groups excluding carboxylic acids is 1. The summed E-state index contributed by atoms with van der Waals surface area (Å²) in [6.07, 6.45) is 1.40. The molecule has 0 spiro atoms. The molecule has 0 saturated heterocycles. The maximum Gasteiger partial charge on any atom is 0.244 e. The molecule has 0 atom stereocenters. The molecule has 0 aliphatic carbocycles. The molecule has 0 aliphatic heterocycles. The van der Waals surface area contributed by atoms with E-state index in [4.69, 9.17) is 0 Å². The Morgan fingerprint density at radius 2 is 1.96 bits per heavy atom. The molecule has 0 radical (unpaired) electrons. The van der Waals surface area contributed by atoms with Gasteiger partial charge in [0.1, 0.15) is 6.54 Å². The van der Waals surface area contributed by atoms with Crippen LogP contribution in [0.25, 0.3) is 11.0 Å². The molecule has 0 bridgehead atoms. The van der Waals surface area contributed by atoms with Gasteiger partial charge in [-0.25, -0.2) is 13.8 Å². The van der Waals surface area contributed by atoms with Crippen LogP contribution in [0.3, 0.4) is 0 Å². The number of fused-ring (bicyclic) bond motifs is 1. The Morgan fingerprint density at radius 3 is 2.74 bits per heavy atom. The highest BCUT2D eigenvalue weighted by molar-refractivity contribution is 5.92. The Morgan fingerprint density at radius 1 is 1.22 bits per heavy atom. The molecule has 1 aromatic heterocycles. The second-order valence-electron chi connectivity index (χ2n) is 5.42. The van der Waals surface area contributed by atoms with Crippen LogP contribution in [0.1, 0.15) is 11.1 Å². The largest absolute Gasteiger partial charge is 0.324 e. The summed E-state index contributed by atoms with van der Waals surface area (Å²) in [7, 11) is 0. The minimum atomic E-state index is -0.964. The van der Waals surface area contributed by atoms with Crippen molar-refractivity contribution in [1.82, 2.24) is 9.55 Å². The van der Waals surface area contributed by atoms with Gasteiger partial charge < -0.3 is 9.88 Å². The molecule has 1 amide bonds. The van der Waals surface area contributed by atoms with E-state index in [-0.39, 0.29) is 12.5 Å². The van der Waals surface area contributed by atoms with Crippen molar-refractivity contribution in [3.8, 4) is 0 Å². The first-order chi connectivity index (χ1) is 11.0. The summed E-state index contributed by atoms with van der Waals surface area (Å²) < 4.78 is 28.0. The van der Waals surface area contributed by atoms with Crippen LogP contribution in [-0.2, 0) is 11.3 Å². The number of benzene rings is 2. The second-order valence-corrected chi connectivity index (χ2v) is 5.42. The van der Waals surface area contributed by atoms with Crippen LogP contribution in [0, 0.1) is 25.5 Å². The number of aryl methyl sites for hydroxylation is 1. The van der Waals surface area contributed by atoms with Gasteiger partial charge in [0.15, 0.2) is 11.6 Å². The summed E-state index contributed by atoms with van der Waals surface area (Å²) in [5.41, 5.74) is 3.48. The molecule has 6 heteroatoms. The standard InChI is InChI=1S/C17H15F2N3O/c1-10-4-3-5-14(11(10)2)21-17(23)8-22-9-20-15-6-12(18)13(19)7-16(15)22/h3-7,9H,8H2,1-2H3,(H,21,23). The van der Waals surface area contributed by atoms with Crippen molar-refractivity contribution in [3.63, 3.8) is 0 Å². The average molecular weight is 315 g/mol. The third kappa shape index (κ3) is 2.92. The van der Waals surface area contributed by atoms with E-state index < -0.39 is 11.6 Å². The number of carbonyl (C=O) groups is 1. The predicted molar refractivity (Wildman–Crippen MR) is 84.2 cm³/mol. The van der Waals surface area contributed by atoms with Gasteiger partial charge in [0.25, 0.3) is 0 Å². The number of amides is 1. The molecule has 0 saturated carbocycles. The summed E-state index contributed by atoms with van der Waals surface area (Å²) in [5, 5.41) is 2.82. The van der Waals surface area contributed by atoms with Gasteiger partial charge >= 0.3 is 0 Å². The van der Waals surface area contributed by atoms with E-state index in [1.807, 2.05) is 32.0 Å². The van der Waals surface area contributed by atoms with Crippen LogP contribution in [-0.4, -0.2) is 15.5 Å². The van der Waals surface area contributed by atoms with Gasteiger partial charge in [0.2, 0.25) is 5.91 Å². The number of halogens is 2. The number of nitrogens with one attached hydrogen (secondary N) is 1. The van der Waals surface area contributed by atoms with Crippen molar-refractivity contribution in [2.75, 3.05) is 5.32 Å². The smallest absolute Gasteiger partial charge is 0.244 e. The number of imidazole rings is 1. The van der Waals surface area contributed by atoms with E-state index in [1.54, 1.807) is 0 Å². The summed E-state index contributed by atoms with van der Waals surface area (Å²) in [6, 6.07) is 7.71. The van der Waals surface area contributed by atoms with Crippen LogP contribution in [0.15, 0.2) is 36.7 Å². The SMILES string of the molecule is Cc1cccc(NC(=O)Cn2cnc3cc(F)c(F)cc32)c1C. The molecule has 0 fully saturated rings. The van der Waals surface area contributed by atoms with E-state index in [0.717, 1.165) is 28.9 Å². The maximum atomic E-state index is 13.4. The fourth-order valence-electron chi connectivity index (χ4n) is 2.41. The van der Waals surface area contributed by atoms with Gasteiger partial charge in [-0.3, -0.25) is 4.79 Å². The first-order valence-corrected chi connectivity index (χ1v) is 7.11. The third-order valence-electron chi connectivity index (χ3n) is 3.86. The zero-order valence-electron chi connectivity index (χ0n) is 12.7. The molecular formula is C17H15F2N3O. The quantitative estimate of drug-likeness (QED) is 0.803. The Balaban J connectivity index is 1.83. The lowest BCUT2D eigenvalue weighted by Gasteiger charge is -2.11. The lowest BCUT2D eigenvalue weighted by molar-refractivity contribution is -0.116. The fraction of sp³-hybridized carbons (Fsp3) is 0.176. The zero-order valence-corrected chi connectivity index (χ0v) is 12.7. The number of rotatable bonds is 3. The molecule has 0 aliphatic rings. The lowest BCUT2D eigenvalue weighted by Crippen LogP contribution is -2.19. The number of aromatic nitrogens is 2. The monoisotopic (exact) mass is 315 g/mol. The topological polar surface area (TPSA) is 46.9 Å². The molecule has 1 heterocycles. The molecule has 118 valence electrons. The summed E-state index contributed by atoms with van der Waals surface area (Å²) in [4.78, 5) is 16.2. The molecule has 3 aromatic rings. The van der Waals surface area contributed by atoms with Crippen LogP contribution >= 0.6 is 0 Å². The molecule has 23 heavy (non-hydrogen) atoms. The number of hydrogen-bond donors (Lipinski definition) is 1. The Bertz CT molecular complexity index is 902.